The summed E-state index contributed by atoms with van der Waals surface area (Å²) >= 11 is 1.64. The number of urea groups is 1. The van der Waals surface area contributed by atoms with Crippen molar-refractivity contribution in [2.45, 2.75) is 58.4 Å². The van der Waals surface area contributed by atoms with Crippen molar-refractivity contribution in [2.24, 2.45) is 5.92 Å². The Bertz CT molecular complexity index is 653. The van der Waals surface area contributed by atoms with Crippen LogP contribution in [-0.2, 0) is 9.53 Å². The van der Waals surface area contributed by atoms with Gasteiger partial charge in [0.15, 0.2) is 0 Å². The average Bonchev–Trinajstić information content (AvgIpc) is 3.06. The Morgan fingerprint density at radius 2 is 2.04 bits per heavy atom. The number of thioether (sulfide) groups is 1. The van der Waals surface area contributed by atoms with Crippen LogP contribution >= 0.6 is 11.8 Å². The summed E-state index contributed by atoms with van der Waals surface area (Å²) in [5, 5.41) is 2.88. The third-order valence-corrected chi connectivity index (χ3v) is 5.76. The van der Waals surface area contributed by atoms with Gasteiger partial charge in [-0.25, -0.2) is 9.59 Å². The van der Waals surface area contributed by atoms with Crippen molar-refractivity contribution in [3.63, 3.8) is 0 Å². The predicted molar refractivity (Wildman–Crippen MR) is 114 cm³/mol. The normalized spacial score (nSPS) is 19.0. The van der Waals surface area contributed by atoms with Gasteiger partial charge < -0.3 is 14.8 Å². The highest BCUT2D eigenvalue weighted by Gasteiger charge is 2.42. The van der Waals surface area contributed by atoms with Crippen molar-refractivity contribution < 1.29 is 19.1 Å². The highest BCUT2D eigenvalue weighted by molar-refractivity contribution is 8.00. The van der Waals surface area contributed by atoms with Gasteiger partial charge in [0, 0.05) is 5.75 Å². The molecule has 1 fully saturated rings. The lowest BCUT2D eigenvalue weighted by atomic mass is 10.1. The van der Waals surface area contributed by atoms with Gasteiger partial charge in [0.1, 0.15) is 11.8 Å². The number of rotatable bonds is 9. The van der Waals surface area contributed by atoms with Gasteiger partial charge in [-0.3, -0.25) is 4.90 Å². The molecule has 0 aromatic heterocycles. The molecule has 156 valence electrons. The number of hydrogen-bond donors (Lipinski definition) is 1. The molecule has 1 aliphatic heterocycles. The van der Waals surface area contributed by atoms with Crippen LogP contribution in [0.5, 0.6) is 5.75 Å². The van der Waals surface area contributed by atoms with Crippen LogP contribution in [0.4, 0.5) is 10.5 Å². The van der Waals surface area contributed by atoms with Crippen molar-refractivity contribution in [1.82, 2.24) is 4.90 Å². The predicted octanol–water partition coefficient (Wildman–Crippen LogP) is 4.75. The quantitative estimate of drug-likeness (QED) is 0.472. The van der Waals surface area contributed by atoms with E-state index in [4.69, 9.17) is 9.47 Å². The van der Waals surface area contributed by atoms with Crippen molar-refractivity contribution in [1.29, 1.82) is 0 Å². The van der Waals surface area contributed by atoms with Gasteiger partial charge in [0.2, 0.25) is 0 Å². The molecule has 1 saturated heterocycles. The molecule has 1 heterocycles. The maximum absolute atomic E-state index is 13.1. The van der Waals surface area contributed by atoms with Crippen LogP contribution < -0.4 is 10.1 Å². The number of benzene rings is 1. The maximum Gasteiger partial charge on any atom is 0.329 e. The van der Waals surface area contributed by atoms with E-state index in [0.717, 1.165) is 19.3 Å². The lowest BCUT2D eigenvalue weighted by Gasteiger charge is -2.29. The van der Waals surface area contributed by atoms with Gasteiger partial charge in [-0.05, 0) is 37.8 Å². The van der Waals surface area contributed by atoms with Gasteiger partial charge in [0.25, 0.3) is 0 Å². The Morgan fingerprint density at radius 1 is 1.29 bits per heavy atom. The third kappa shape index (κ3) is 6.06. The Hall–Kier alpha value is -1.89. The molecule has 1 aromatic rings. The van der Waals surface area contributed by atoms with Crippen molar-refractivity contribution >= 4 is 29.4 Å². The fraction of sp³-hybridized carbons (Fsp3) is 0.619. The number of carbonyl (C=O) groups excluding carboxylic acids is 2. The molecule has 2 rings (SSSR count). The summed E-state index contributed by atoms with van der Waals surface area (Å²) in [5.41, 5.74) is 0.604. The smallest absolute Gasteiger partial charge is 0.329 e. The number of esters is 1. The number of nitrogens with one attached hydrogen (secondary N) is 1. The second-order valence-electron chi connectivity index (χ2n) is 7.22. The minimum atomic E-state index is -0.565. The highest BCUT2D eigenvalue weighted by Crippen LogP contribution is 2.35. The van der Waals surface area contributed by atoms with Crippen LogP contribution in [0.25, 0.3) is 0 Å². The number of anilines is 1. The molecule has 0 radical (unpaired) electrons. The van der Waals surface area contributed by atoms with E-state index >= 15 is 0 Å². The van der Waals surface area contributed by atoms with Crippen LogP contribution in [0.2, 0.25) is 0 Å². The first-order valence-corrected chi connectivity index (χ1v) is 11.1. The summed E-state index contributed by atoms with van der Waals surface area (Å²) in [6, 6.07) is 6.48. The summed E-state index contributed by atoms with van der Waals surface area (Å²) in [5.74, 6) is 1.27. The molecule has 2 amide bonds. The van der Waals surface area contributed by atoms with E-state index in [9.17, 15) is 9.59 Å². The molecule has 1 aromatic carbocycles. The summed E-state index contributed by atoms with van der Waals surface area (Å²) in [6.45, 7) is 9.09. The molecular weight excluding hydrogens is 376 g/mol. The topological polar surface area (TPSA) is 67.9 Å². The van der Waals surface area contributed by atoms with E-state index in [2.05, 4.69) is 19.2 Å². The number of para-hydroxylation sites is 2. The Morgan fingerprint density at radius 3 is 2.71 bits per heavy atom. The first kappa shape index (κ1) is 22.4. The lowest BCUT2D eigenvalue weighted by Crippen LogP contribution is -2.48. The Labute approximate surface area is 172 Å². The summed E-state index contributed by atoms with van der Waals surface area (Å²) in [7, 11) is 0. The van der Waals surface area contributed by atoms with E-state index in [0.29, 0.717) is 36.3 Å². The molecule has 2 atom stereocenters. The SMILES string of the molecule is CCCCOC(=O)C1CSC(CC(C)C)N1C(=O)Nc1ccccc1OCC. The summed E-state index contributed by atoms with van der Waals surface area (Å²) < 4.78 is 11.0. The van der Waals surface area contributed by atoms with Gasteiger partial charge in [0.05, 0.1) is 24.3 Å². The van der Waals surface area contributed by atoms with Gasteiger partial charge in [-0.2, -0.15) is 0 Å². The zero-order chi connectivity index (χ0) is 20.5. The molecule has 0 saturated carbocycles. The molecule has 28 heavy (non-hydrogen) atoms. The van der Waals surface area contributed by atoms with Gasteiger partial charge in [-0.15, -0.1) is 11.8 Å². The fourth-order valence-corrected chi connectivity index (χ4v) is 4.67. The average molecular weight is 409 g/mol. The highest BCUT2D eigenvalue weighted by atomic mass is 32.2. The first-order valence-electron chi connectivity index (χ1n) is 10.1. The Balaban J connectivity index is 2.16. The summed E-state index contributed by atoms with van der Waals surface area (Å²) in [4.78, 5) is 27.4. The number of amides is 2. The molecule has 2 unspecified atom stereocenters. The van der Waals surface area contributed by atoms with Crippen molar-refractivity contribution in [3.8, 4) is 5.75 Å². The standard InChI is InChI=1S/C21H32N2O4S/c1-5-7-12-27-20(24)17-14-28-19(13-15(3)4)23(17)21(25)22-16-10-8-9-11-18(16)26-6-2/h8-11,15,17,19H,5-7,12-14H2,1-4H3,(H,22,25). The van der Waals surface area contributed by atoms with Crippen LogP contribution in [0, 0.1) is 5.92 Å². The van der Waals surface area contributed by atoms with Gasteiger partial charge >= 0.3 is 12.0 Å². The van der Waals surface area contributed by atoms with Crippen molar-refractivity contribution in [2.75, 3.05) is 24.3 Å². The van der Waals surface area contributed by atoms with E-state index in [-0.39, 0.29) is 17.4 Å². The molecule has 7 heteroatoms. The lowest BCUT2D eigenvalue weighted by molar-refractivity contribution is -0.148. The zero-order valence-corrected chi connectivity index (χ0v) is 18.1. The van der Waals surface area contributed by atoms with E-state index < -0.39 is 6.04 Å². The number of unbranched alkanes of at least 4 members (excludes halogenated alkanes) is 1. The molecule has 0 bridgehead atoms. The maximum atomic E-state index is 13.1. The fourth-order valence-electron chi connectivity index (χ4n) is 3.05. The second-order valence-corrected chi connectivity index (χ2v) is 8.43. The van der Waals surface area contributed by atoms with Crippen LogP contribution in [0.1, 0.15) is 47.0 Å². The number of hydrogen-bond acceptors (Lipinski definition) is 5. The van der Waals surface area contributed by atoms with Crippen LogP contribution in [0.15, 0.2) is 24.3 Å². The van der Waals surface area contributed by atoms with Gasteiger partial charge in [-0.1, -0.05) is 39.3 Å². The van der Waals surface area contributed by atoms with E-state index in [1.807, 2.05) is 32.0 Å². The largest absolute Gasteiger partial charge is 0.492 e. The van der Waals surface area contributed by atoms with Crippen LogP contribution in [-0.4, -0.2) is 47.3 Å². The minimum Gasteiger partial charge on any atom is -0.492 e. The molecule has 1 aliphatic rings. The Kier molecular flexibility index (Phi) is 8.96. The van der Waals surface area contributed by atoms with E-state index in [1.165, 1.54) is 0 Å². The minimum absolute atomic E-state index is 0.0528. The molecule has 0 aliphatic carbocycles. The molecular formula is C21H32N2O4S. The molecule has 1 N–H and O–H groups in total. The third-order valence-electron chi connectivity index (χ3n) is 4.44. The van der Waals surface area contributed by atoms with E-state index in [1.54, 1.807) is 22.7 Å². The first-order chi connectivity index (χ1) is 13.5. The molecule has 0 spiro atoms. The second kappa shape index (κ2) is 11.2. The number of nitrogens with zero attached hydrogens (tertiary/aromatic N) is 1. The molecule has 6 nitrogen and oxygen atoms in total. The zero-order valence-electron chi connectivity index (χ0n) is 17.3. The van der Waals surface area contributed by atoms with Crippen molar-refractivity contribution in [3.05, 3.63) is 24.3 Å². The monoisotopic (exact) mass is 408 g/mol. The summed E-state index contributed by atoms with van der Waals surface area (Å²) in [6.07, 6.45) is 2.61. The number of ether oxygens (including phenoxy) is 2. The number of carbonyl (C=O) groups is 2. The van der Waals surface area contributed by atoms with Crippen LogP contribution in [0.3, 0.4) is 0 Å².